The van der Waals surface area contributed by atoms with Crippen molar-refractivity contribution in [2.45, 2.75) is 0 Å². The van der Waals surface area contributed by atoms with E-state index in [9.17, 15) is 0 Å². The molecule has 4 heterocycles. The minimum atomic E-state index is -0.170. The van der Waals surface area contributed by atoms with Gasteiger partial charge >= 0.3 is 0 Å². The number of hydrogen-bond acceptors (Lipinski definition) is 2. The van der Waals surface area contributed by atoms with Crippen LogP contribution in [0.4, 0.5) is 34.1 Å². The number of benzene rings is 16. The van der Waals surface area contributed by atoms with E-state index in [0.717, 1.165) is 56.5 Å². The number of fused-ring (bicyclic) bond motifs is 22. The van der Waals surface area contributed by atoms with Crippen LogP contribution in [0, 0.1) is 0 Å². The van der Waals surface area contributed by atoms with Crippen LogP contribution in [0.3, 0.4) is 0 Å². The van der Waals surface area contributed by atoms with Gasteiger partial charge in [0, 0.05) is 61.4 Å². The Kier molecular flexibility index (Phi) is 10.1. The first-order chi connectivity index (χ1) is 44.2. The fraction of sp³-hybridized carbons (Fsp3) is 0. The minimum Gasteiger partial charge on any atom is -0.311 e. The fourth-order valence-corrected chi connectivity index (χ4v) is 16.1. The van der Waals surface area contributed by atoms with E-state index in [2.05, 4.69) is 328 Å². The van der Waals surface area contributed by atoms with Crippen molar-refractivity contribution < 1.29 is 0 Å². The van der Waals surface area contributed by atoms with Crippen LogP contribution in [0.5, 0.6) is 0 Å². The van der Waals surface area contributed by atoms with Crippen molar-refractivity contribution in [1.82, 2.24) is 9.13 Å². The highest BCUT2D eigenvalue weighted by Gasteiger charge is 2.44. The third-order valence-corrected chi connectivity index (χ3v) is 19.8. The maximum Gasteiger partial charge on any atom is 0.252 e. The minimum absolute atomic E-state index is 0.170. The Hall–Kier alpha value is -11.7. The van der Waals surface area contributed by atoms with Crippen LogP contribution in [-0.2, 0) is 0 Å². The van der Waals surface area contributed by atoms with Crippen LogP contribution in [0.15, 0.2) is 309 Å². The first kappa shape index (κ1) is 48.6. The van der Waals surface area contributed by atoms with E-state index in [4.69, 9.17) is 0 Å². The molecule has 20 rings (SSSR count). The van der Waals surface area contributed by atoms with Crippen molar-refractivity contribution in [3.8, 4) is 22.5 Å². The molecular weight excluding hydrogens is 1080 g/mol. The third-order valence-electron chi connectivity index (χ3n) is 19.8. The lowest BCUT2D eigenvalue weighted by Gasteiger charge is -2.45. The molecule has 0 spiro atoms. The summed E-state index contributed by atoms with van der Waals surface area (Å²) in [5, 5.41) is 19.9. The zero-order valence-corrected chi connectivity index (χ0v) is 48.3. The predicted octanol–water partition coefficient (Wildman–Crippen LogP) is 20.5. The predicted molar refractivity (Wildman–Crippen MR) is 380 cm³/mol. The van der Waals surface area contributed by atoms with Crippen LogP contribution in [0.1, 0.15) is 0 Å². The van der Waals surface area contributed by atoms with Gasteiger partial charge in [0.1, 0.15) is 0 Å². The molecule has 4 nitrogen and oxygen atoms in total. The van der Waals surface area contributed by atoms with Crippen molar-refractivity contribution in [3.05, 3.63) is 309 Å². The van der Waals surface area contributed by atoms with Crippen LogP contribution in [-0.4, -0.2) is 15.8 Å². The van der Waals surface area contributed by atoms with Crippen molar-refractivity contribution in [2.75, 3.05) is 9.80 Å². The Bertz CT molecular complexity index is 5920. The Morgan fingerprint density at radius 3 is 0.989 bits per heavy atom. The molecule has 0 unspecified atom stereocenters. The first-order valence-corrected chi connectivity index (χ1v) is 30.9. The molecule has 0 radical (unpaired) electrons. The monoisotopic (exact) mass is 1130 g/mol. The van der Waals surface area contributed by atoms with Gasteiger partial charge in [-0.05, 0) is 171 Å². The number of anilines is 6. The number of rotatable bonds is 5. The fourth-order valence-electron chi connectivity index (χ4n) is 16.1. The van der Waals surface area contributed by atoms with Crippen molar-refractivity contribution >= 4 is 165 Å². The zero-order valence-electron chi connectivity index (χ0n) is 48.3. The van der Waals surface area contributed by atoms with Gasteiger partial charge in [-0.25, -0.2) is 0 Å². The highest BCUT2D eigenvalue weighted by Crippen LogP contribution is 2.50. The highest BCUT2D eigenvalue weighted by molar-refractivity contribution is 7.00. The molecule has 0 amide bonds. The van der Waals surface area contributed by atoms with Crippen LogP contribution in [0.2, 0.25) is 0 Å². The molecule has 0 atom stereocenters. The number of para-hydroxylation sites is 4. The maximum absolute atomic E-state index is 2.63. The van der Waals surface area contributed by atoms with Crippen LogP contribution >= 0.6 is 0 Å². The van der Waals surface area contributed by atoms with E-state index >= 15 is 0 Å². The van der Waals surface area contributed by atoms with Gasteiger partial charge in [0.05, 0.1) is 27.8 Å². The van der Waals surface area contributed by atoms with Gasteiger partial charge in [-0.15, -0.1) is 0 Å². The van der Waals surface area contributed by atoms with E-state index in [-0.39, 0.29) is 6.71 Å². The second kappa shape index (κ2) is 18.4. The maximum atomic E-state index is 2.63. The number of nitrogens with zero attached hydrogens (tertiary/aromatic N) is 4. The van der Waals surface area contributed by atoms with Crippen LogP contribution < -0.4 is 26.2 Å². The highest BCUT2D eigenvalue weighted by atomic mass is 15.2. The zero-order chi connectivity index (χ0) is 58.0. The molecule has 0 bridgehead atoms. The van der Waals surface area contributed by atoms with Crippen molar-refractivity contribution in [1.29, 1.82) is 0 Å². The summed E-state index contributed by atoms with van der Waals surface area (Å²) in [5.41, 5.74) is 19.8. The number of aromatic nitrogens is 2. The summed E-state index contributed by atoms with van der Waals surface area (Å²) in [6, 6.07) is 117. The Morgan fingerprint density at radius 2 is 0.539 bits per heavy atom. The molecule has 410 valence electrons. The van der Waals surface area contributed by atoms with Crippen LogP contribution in [0.25, 0.3) is 131 Å². The van der Waals surface area contributed by atoms with E-state index < -0.39 is 0 Å². The molecule has 0 aliphatic carbocycles. The summed E-state index contributed by atoms with van der Waals surface area (Å²) >= 11 is 0. The molecule has 0 saturated heterocycles. The molecule has 2 aromatic heterocycles. The van der Waals surface area contributed by atoms with Crippen molar-refractivity contribution in [2.24, 2.45) is 0 Å². The second-order valence-corrected chi connectivity index (χ2v) is 24.3. The molecule has 89 heavy (non-hydrogen) atoms. The molecule has 2 aliphatic rings. The Morgan fingerprint density at radius 1 is 0.191 bits per heavy atom. The molecule has 2 aliphatic heterocycles. The average molecular weight is 1130 g/mol. The lowest BCUT2D eigenvalue weighted by Crippen LogP contribution is -2.61. The van der Waals surface area contributed by atoms with E-state index in [1.165, 1.54) is 125 Å². The van der Waals surface area contributed by atoms with E-state index in [0.29, 0.717) is 0 Å². The van der Waals surface area contributed by atoms with E-state index in [1.54, 1.807) is 0 Å². The van der Waals surface area contributed by atoms with Gasteiger partial charge in [0.25, 0.3) is 6.71 Å². The molecule has 0 N–H and O–H groups in total. The lowest BCUT2D eigenvalue weighted by atomic mass is 9.33. The number of hydrogen-bond donors (Lipinski definition) is 0. The molecule has 0 saturated carbocycles. The van der Waals surface area contributed by atoms with Gasteiger partial charge in [0.2, 0.25) is 0 Å². The normalized spacial score (nSPS) is 12.9. The standard InChI is InChI=1S/C84H51BN4/c1-2-20-52(21-3-1)53-38-45-80-75(46-53)85-74-44-41-56(86-76-34-16-12-30-68(76)69-31-13-17-35-77(69)86)49-81(74)88(55-40-43-67-63-27-7-5-23-59(63)61-25-9-11-29-65(61)73(67)48-55)83-51-57(89-78-36-18-14-32-70(78)71-33-15-19-37-79(71)89)50-82(84(83)85)87(80)54-39-42-66-62-26-6-4-22-58(62)60-24-8-10-28-64(60)72(66)47-54/h1-51H. The SMILES string of the molecule is c1ccc(-c2ccc3c(c2)B2c4ccc(-n5c6ccccc6c6ccccc65)cc4N(c4ccc5c6ccccc6c6ccccc6c5c4)c4cc(-n5c6ccccc6c6ccccc65)cc(c42)N3c2ccc3c4ccccc4c4ccccc4c3c2)cc1. The van der Waals surface area contributed by atoms with Gasteiger partial charge in [0.15, 0.2) is 0 Å². The molecule has 0 fully saturated rings. The molecule has 5 heteroatoms. The summed E-state index contributed by atoms with van der Waals surface area (Å²) in [4.78, 5) is 5.24. The van der Waals surface area contributed by atoms with Crippen molar-refractivity contribution in [3.63, 3.8) is 0 Å². The van der Waals surface area contributed by atoms with Gasteiger partial charge < -0.3 is 18.9 Å². The third kappa shape index (κ3) is 6.84. The Balaban J connectivity index is 0.948. The topological polar surface area (TPSA) is 16.3 Å². The molecular formula is C84H51BN4. The summed E-state index contributed by atoms with van der Waals surface area (Å²) in [6.45, 7) is -0.170. The van der Waals surface area contributed by atoms with E-state index in [1.807, 2.05) is 0 Å². The van der Waals surface area contributed by atoms with Gasteiger partial charge in [-0.1, -0.05) is 231 Å². The largest absolute Gasteiger partial charge is 0.311 e. The molecule has 16 aromatic carbocycles. The smallest absolute Gasteiger partial charge is 0.252 e. The lowest BCUT2D eigenvalue weighted by molar-refractivity contribution is 1.15. The average Bonchev–Trinajstić information content (AvgIpc) is 0.792. The Labute approximate surface area is 513 Å². The summed E-state index contributed by atoms with van der Waals surface area (Å²) in [5.74, 6) is 0. The molecule has 18 aromatic rings. The second-order valence-electron chi connectivity index (χ2n) is 24.3. The van der Waals surface area contributed by atoms with Gasteiger partial charge in [-0.2, -0.15) is 0 Å². The summed E-state index contributed by atoms with van der Waals surface area (Å²) in [6.07, 6.45) is 0. The quantitative estimate of drug-likeness (QED) is 0.126. The summed E-state index contributed by atoms with van der Waals surface area (Å²) in [7, 11) is 0. The van der Waals surface area contributed by atoms with Gasteiger partial charge in [-0.3, -0.25) is 0 Å². The summed E-state index contributed by atoms with van der Waals surface area (Å²) < 4.78 is 5.00. The first-order valence-electron chi connectivity index (χ1n) is 30.9.